The van der Waals surface area contributed by atoms with Crippen molar-refractivity contribution in [1.82, 2.24) is 4.90 Å². The van der Waals surface area contributed by atoms with Crippen LogP contribution in [0, 0.1) is 19.8 Å². The number of ether oxygens (including phenoxy) is 1. The van der Waals surface area contributed by atoms with Crippen molar-refractivity contribution in [3.63, 3.8) is 0 Å². The molecule has 0 bridgehead atoms. The zero-order valence-electron chi connectivity index (χ0n) is 20.6. The minimum atomic E-state index is 0.146. The molecule has 2 aromatic carbocycles. The summed E-state index contributed by atoms with van der Waals surface area (Å²) in [7, 11) is 0. The molecule has 2 aromatic rings. The first-order valence-electron chi connectivity index (χ1n) is 12.5. The number of hydrogen-bond donors (Lipinski definition) is 1. The highest BCUT2D eigenvalue weighted by atomic mass is 16.5. The Hall–Kier alpha value is -2.53. The van der Waals surface area contributed by atoms with Gasteiger partial charge in [-0.2, -0.15) is 0 Å². The molecule has 0 saturated carbocycles. The molecule has 2 saturated heterocycles. The molecule has 2 heterocycles. The molecule has 2 atom stereocenters. The summed E-state index contributed by atoms with van der Waals surface area (Å²) in [6.45, 7) is 12.7. The van der Waals surface area contributed by atoms with E-state index in [2.05, 4.69) is 73.5 Å². The van der Waals surface area contributed by atoms with Crippen LogP contribution < -0.4 is 10.2 Å². The van der Waals surface area contributed by atoms with E-state index in [4.69, 9.17) is 4.74 Å². The van der Waals surface area contributed by atoms with Crippen LogP contribution in [0.5, 0.6) is 0 Å². The van der Waals surface area contributed by atoms with Crippen LogP contribution in [0.3, 0.4) is 0 Å². The molecular formula is C28H39N3O2. The predicted octanol–water partition coefficient (Wildman–Crippen LogP) is 5.33. The second-order valence-corrected chi connectivity index (χ2v) is 9.69. The number of nitrogens with one attached hydrogen (secondary N) is 1. The number of amides is 1. The minimum absolute atomic E-state index is 0.146. The second-order valence-electron chi connectivity index (χ2n) is 9.69. The number of carbonyl (C=O) groups excluding carboxylic acids is 1. The Labute approximate surface area is 199 Å². The van der Waals surface area contributed by atoms with Crippen LogP contribution in [0.4, 0.5) is 11.4 Å². The minimum Gasteiger partial charge on any atom is -0.378 e. The van der Waals surface area contributed by atoms with Crippen LogP contribution in [-0.4, -0.2) is 49.7 Å². The fraction of sp³-hybridized carbons (Fsp3) is 0.536. The highest BCUT2D eigenvalue weighted by Crippen LogP contribution is 2.29. The quantitative estimate of drug-likeness (QED) is 0.621. The Morgan fingerprint density at radius 3 is 2.61 bits per heavy atom. The van der Waals surface area contributed by atoms with E-state index in [0.29, 0.717) is 5.91 Å². The smallest absolute Gasteiger partial charge is 0.225 e. The van der Waals surface area contributed by atoms with Crippen molar-refractivity contribution >= 4 is 17.3 Å². The van der Waals surface area contributed by atoms with Gasteiger partial charge in [0, 0.05) is 56.1 Å². The lowest BCUT2D eigenvalue weighted by atomic mass is 9.95. The van der Waals surface area contributed by atoms with Crippen LogP contribution in [0.15, 0.2) is 42.5 Å². The van der Waals surface area contributed by atoms with Crippen LogP contribution in [0.1, 0.15) is 55.8 Å². The molecule has 2 fully saturated rings. The highest BCUT2D eigenvalue weighted by molar-refractivity contribution is 5.79. The van der Waals surface area contributed by atoms with Crippen molar-refractivity contribution in [3.05, 3.63) is 59.2 Å². The zero-order chi connectivity index (χ0) is 23.4. The number of likely N-dealkylation sites (tertiary alicyclic amines) is 1. The Morgan fingerprint density at radius 2 is 1.88 bits per heavy atom. The maximum atomic E-state index is 13.0. The Balaban J connectivity index is 1.33. The number of anilines is 2. The van der Waals surface area contributed by atoms with Crippen molar-refractivity contribution in [1.29, 1.82) is 0 Å². The molecule has 4 rings (SSSR count). The summed E-state index contributed by atoms with van der Waals surface area (Å²) >= 11 is 0. The average molecular weight is 450 g/mol. The third-order valence-corrected chi connectivity index (χ3v) is 7.19. The number of hydrogen-bond acceptors (Lipinski definition) is 4. The van der Waals surface area contributed by atoms with Crippen molar-refractivity contribution in [2.75, 3.05) is 43.0 Å². The molecule has 0 radical (unpaired) electrons. The summed E-state index contributed by atoms with van der Waals surface area (Å²) in [6, 6.07) is 15.6. The number of aryl methyl sites for hydroxylation is 2. The summed E-state index contributed by atoms with van der Waals surface area (Å²) in [6.07, 6.45) is 3.04. The van der Waals surface area contributed by atoms with E-state index < -0.39 is 0 Å². The molecule has 5 heteroatoms. The summed E-state index contributed by atoms with van der Waals surface area (Å²) in [5, 5.41) is 3.68. The lowest BCUT2D eigenvalue weighted by Gasteiger charge is -2.35. The monoisotopic (exact) mass is 449 g/mol. The van der Waals surface area contributed by atoms with Crippen molar-refractivity contribution in [2.24, 2.45) is 5.92 Å². The molecule has 1 N–H and O–H groups in total. The molecule has 0 aliphatic carbocycles. The van der Waals surface area contributed by atoms with Crippen LogP contribution in [-0.2, 0) is 9.53 Å². The zero-order valence-corrected chi connectivity index (χ0v) is 20.6. The summed E-state index contributed by atoms with van der Waals surface area (Å²) in [5.41, 5.74) is 6.32. The number of carbonyl (C=O) groups is 1. The van der Waals surface area contributed by atoms with Crippen molar-refractivity contribution in [2.45, 2.75) is 59.1 Å². The molecule has 1 unspecified atom stereocenters. The van der Waals surface area contributed by atoms with E-state index in [1.54, 1.807) is 0 Å². The fourth-order valence-corrected chi connectivity index (χ4v) is 5.37. The van der Waals surface area contributed by atoms with Crippen molar-refractivity contribution < 1.29 is 9.53 Å². The topological polar surface area (TPSA) is 44.8 Å². The normalized spacial score (nSPS) is 20.2. The summed E-state index contributed by atoms with van der Waals surface area (Å²) in [4.78, 5) is 17.4. The van der Waals surface area contributed by atoms with Gasteiger partial charge in [-0.25, -0.2) is 0 Å². The number of piperidine rings is 1. The molecular weight excluding hydrogens is 410 g/mol. The molecule has 1 amide bonds. The van der Waals surface area contributed by atoms with Gasteiger partial charge in [0.25, 0.3) is 0 Å². The van der Waals surface area contributed by atoms with E-state index in [-0.39, 0.29) is 18.1 Å². The molecule has 5 nitrogen and oxygen atoms in total. The van der Waals surface area contributed by atoms with E-state index in [1.807, 2.05) is 11.8 Å². The average Bonchev–Trinajstić information content (AvgIpc) is 3.28. The highest BCUT2D eigenvalue weighted by Gasteiger charge is 2.33. The Bertz CT molecular complexity index is 952. The van der Waals surface area contributed by atoms with Gasteiger partial charge < -0.3 is 19.9 Å². The van der Waals surface area contributed by atoms with Gasteiger partial charge in [-0.05, 0) is 76.3 Å². The van der Waals surface area contributed by atoms with Crippen molar-refractivity contribution in [3.8, 4) is 0 Å². The Morgan fingerprint density at radius 1 is 1.09 bits per heavy atom. The maximum Gasteiger partial charge on any atom is 0.225 e. The second kappa shape index (κ2) is 10.6. The molecule has 2 aliphatic rings. The molecule has 0 aromatic heterocycles. The first-order valence-corrected chi connectivity index (χ1v) is 12.5. The lowest BCUT2D eigenvalue weighted by molar-refractivity contribution is -0.135. The molecule has 0 spiro atoms. The third kappa shape index (κ3) is 5.70. The maximum absolute atomic E-state index is 13.0. The first kappa shape index (κ1) is 23.6. The molecule has 33 heavy (non-hydrogen) atoms. The lowest BCUT2D eigenvalue weighted by Crippen LogP contribution is -2.42. The van der Waals surface area contributed by atoms with Gasteiger partial charge in [0.15, 0.2) is 0 Å². The summed E-state index contributed by atoms with van der Waals surface area (Å²) < 4.78 is 5.72. The van der Waals surface area contributed by atoms with Crippen LogP contribution in [0.2, 0.25) is 0 Å². The first-order chi connectivity index (χ1) is 15.9. The van der Waals surface area contributed by atoms with Gasteiger partial charge in [-0.3, -0.25) is 4.79 Å². The van der Waals surface area contributed by atoms with Gasteiger partial charge in [0.2, 0.25) is 5.91 Å². The van der Waals surface area contributed by atoms with Gasteiger partial charge in [-0.15, -0.1) is 0 Å². The number of benzene rings is 2. The molecule has 178 valence electrons. The van der Waals surface area contributed by atoms with Crippen LogP contribution >= 0.6 is 0 Å². The van der Waals surface area contributed by atoms with E-state index >= 15 is 0 Å². The number of rotatable bonds is 7. The van der Waals surface area contributed by atoms with Gasteiger partial charge in [0.1, 0.15) is 0 Å². The predicted molar refractivity (Wildman–Crippen MR) is 136 cm³/mol. The van der Waals surface area contributed by atoms with Gasteiger partial charge in [0.05, 0.1) is 6.10 Å². The summed E-state index contributed by atoms with van der Waals surface area (Å²) in [5.74, 6) is 0.474. The largest absolute Gasteiger partial charge is 0.378 e. The van der Waals surface area contributed by atoms with E-state index in [9.17, 15) is 4.79 Å². The van der Waals surface area contributed by atoms with E-state index in [1.165, 1.54) is 22.4 Å². The molecule has 2 aliphatic heterocycles. The number of nitrogens with zero attached hydrogens (tertiary/aromatic N) is 2. The van der Waals surface area contributed by atoms with E-state index in [0.717, 1.165) is 57.7 Å². The van der Waals surface area contributed by atoms with Gasteiger partial charge in [-0.1, -0.05) is 29.8 Å². The van der Waals surface area contributed by atoms with Crippen LogP contribution in [0.25, 0.3) is 0 Å². The SMILES string of the molecule is CCOC1CCN(C(=O)C2CCN(c3cccc(N[C@H](C)c4ccc(C)cc4C)c3)CC2)C1. The third-order valence-electron chi connectivity index (χ3n) is 7.19. The fourth-order valence-electron chi connectivity index (χ4n) is 5.37. The van der Waals surface area contributed by atoms with Gasteiger partial charge >= 0.3 is 0 Å². The Kier molecular flexibility index (Phi) is 7.59. The standard InChI is InChI=1S/C28H39N3O2/c1-5-33-26-13-16-31(19-26)28(32)23-11-14-30(15-12-23)25-8-6-7-24(18-25)29-22(4)27-10-9-20(2)17-21(27)3/h6-10,17-18,22-23,26,29H,5,11-16,19H2,1-4H3/t22-,26?/m1/s1.